The first-order chi connectivity index (χ1) is 14.7. The van der Waals surface area contributed by atoms with Gasteiger partial charge in [-0.25, -0.2) is 18.1 Å². The molecule has 1 aliphatic heterocycles. The summed E-state index contributed by atoms with van der Waals surface area (Å²) in [4.78, 5) is 44.8. The standard InChI is InChI=1S/C19H25N5O6S/c1-13-22-17(11-23(13)2)31(28,29)21-6-5-18(26)30-12-16(25)14-9-15(20-10-14)19(27)24-7-3-4-8-24/h9-11,20-21H,3-8,12H2,1-2H3. The number of ether oxygens (including phenoxy) is 1. The molecule has 12 heteroatoms. The van der Waals surface area contributed by atoms with Crippen LogP contribution in [0.15, 0.2) is 23.5 Å². The first kappa shape index (κ1) is 22.7. The van der Waals surface area contributed by atoms with E-state index in [-0.39, 0.29) is 29.5 Å². The molecule has 3 heterocycles. The summed E-state index contributed by atoms with van der Waals surface area (Å²) in [5.74, 6) is -0.816. The summed E-state index contributed by atoms with van der Waals surface area (Å²) in [6.45, 7) is 2.37. The second-order valence-corrected chi connectivity index (χ2v) is 8.98. The molecule has 0 unspecified atom stereocenters. The lowest BCUT2D eigenvalue weighted by molar-refractivity contribution is -0.142. The van der Waals surface area contributed by atoms with E-state index in [9.17, 15) is 22.8 Å². The van der Waals surface area contributed by atoms with Crippen molar-refractivity contribution in [3.05, 3.63) is 35.5 Å². The number of Topliss-reactive ketones (excluding diaryl/α,β-unsaturated/α-hetero) is 1. The molecule has 0 spiro atoms. The molecule has 168 valence electrons. The molecule has 1 saturated heterocycles. The van der Waals surface area contributed by atoms with Gasteiger partial charge in [0.05, 0.1) is 6.42 Å². The van der Waals surface area contributed by atoms with E-state index in [1.807, 2.05) is 0 Å². The fourth-order valence-electron chi connectivity index (χ4n) is 3.09. The van der Waals surface area contributed by atoms with E-state index in [1.54, 1.807) is 23.4 Å². The van der Waals surface area contributed by atoms with Crippen LogP contribution in [0, 0.1) is 6.92 Å². The summed E-state index contributed by atoms with van der Waals surface area (Å²) in [7, 11) is -2.17. The molecule has 2 aromatic heterocycles. The molecule has 11 nitrogen and oxygen atoms in total. The van der Waals surface area contributed by atoms with Crippen molar-refractivity contribution in [2.45, 2.75) is 31.2 Å². The number of hydrogen-bond acceptors (Lipinski definition) is 7. The summed E-state index contributed by atoms with van der Waals surface area (Å²) in [6, 6.07) is 1.44. The molecule has 0 radical (unpaired) electrons. The normalized spacial score (nSPS) is 14.1. The van der Waals surface area contributed by atoms with Gasteiger partial charge >= 0.3 is 5.97 Å². The monoisotopic (exact) mass is 451 g/mol. The lowest BCUT2D eigenvalue weighted by Crippen LogP contribution is -2.28. The number of nitrogens with one attached hydrogen (secondary N) is 2. The number of hydrogen-bond donors (Lipinski definition) is 2. The maximum Gasteiger partial charge on any atom is 0.307 e. The van der Waals surface area contributed by atoms with Crippen LogP contribution in [0.1, 0.15) is 45.9 Å². The van der Waals surface area contributed by atoms with Crippen molar-refractivity contribution in [2.24, 2.45) is 7.05 Å². The van der Waals surface area contributed by atoms with Gasteiger partial charge in [-0.05, 0) is 25.8 Å². The number of amides is 1. The second kappa shape index (κ2) is 9.43. The van der Waals surface area contributed by atoms with Crippen LogP contribution < -0.4 is 4.72 Å². The SMILES string of the molecule is Cc1nc(S(=O)(=O)NCCC(=O)OCC(=O)c2c[nH]c(C(=O)N3CCCC3)c2)cn1C. The minimum Gasteiger partial charge on any atom is -0.457 e. The van der Waals surface area contributed by atoms with Gasteiger partial charge in [0.25, 0.3) is 15.9 Å². The molecule has 0 aromatic carbocycles. The molecule has 2 N–H and O–H groups in total. The van der Waals surface area contributed by atoms with Crippen molar-refractivity contribution < 1.29 is 27.5 Å². The third-order valence-corrected chi connectivity index (χ3v) is 6.31. The van der Waals surface area contributed by atoms with E-state index in [4.69, 9.17) is 4.74 Å². The van der Waals surface area contributed by atoms with Gasteiger partial charge in [0, 0.05) is 44.6 Å². The molecule has 3 rings (SSSR count). The second-order valence-electron chi connectivity index (χ2n) is 7.27. The molecule has 0 bridgehead atoms. The molecular weight excluding hydrogens is 426 g/mol. The van der Waals surface area contributed by atoms with Gasteiger partial charge in [-0.1, -0.05) is 0 Å². The van der Waals surface area contributed by atoms with E-state index < -0.39 is 28.4 Å². The minimum absolute atomic E-state index is 0.136. The Kier molecular flexibility index (Phi) is 6.91. The molecule has 0 atom stereocenters. The summed E-state index contributed by atoms with van der Waals surface area (Å²) >= 11 is 0. The van der Waals surface area contributed by atoms with Crippen molar-refractivity contribution in [2.75, 3.05) is 26.2 Å². The molecule has 2 aromatic rings. The number of likely N-dealkylation sites (tertiary alicyclic amines) is 1. The predicted octanol–water partition coefficient (Wildman–Crippen LogP) is 0.387. The van der Waals surface area contributed by atoms with Crippen LogP contribution in [0.5, 0.6) is 0 Å². The molecule has 0 saturated carbocycles. The van der Waals surface area contributed by atoms with E-state index in [0.717, 1.165) is 12.8 Å². The van der Waals surface area contributed by atoms with Crippen molar-refractivity contribution in [3.8, 4) is 0 Å². The van der Waals surface area contributed by atoms with E-state index >= 15 is 0 Å². The predicted molar refractivity (Wildman–Crippen MR) is 109 cm³/mol. The van der Waals surface area contributed by atoms with Gasteiger partial charge in [-0.2, -0.15) is 0 Å². The van der Waals surface area contributed by atoms with Gasteiger partial charge in [-0.3, -0.25) is 14.4 Å². The Morgan fingerprint density at radius 1 is 1.26 bits per heavy atom. The van der Waals surface area contributed by atoms with Gasteiger partial charge in [0.1, 0.15) is 11.5 Å². The molecule has 31 heavy (non-hydrogen) atoms. The van der Waals surface area contributed by atoms with Crippen molar-refractivity contribution >= 4 is 27.7 Å². The van der Waals surface area contributed by atoms with E-state index in [1.165, 1.54) is 18.5 Å². The van der Waals surface area contributed by atoms with Gasteiger partial charge in [-0.15, -0.1) is 0 Å². The Hall–Kier alpha value is -2.99. The minimum atomic E-state index is -3.84. The molecule has 1 fully saturated rings. The van der Waals surface area contributed by atoms with Gasteiger partial charge < -0.3 is 19.2 Å². The van der Waals surface area contributed by atoms with Crippen molar-refractivity contribution in [1.82, 2.24) is 24.2 Å². The number of imidazole rings is 1. The fraction of sp³-hybridized carbons (Fsp3) is 0.474. The zero-order valence-electron chi connectivity index (χ0n) is 17.4. The zero-order chi connectivity index (χ0) is 22.6. The number of aryl methyl sites for hydroxylation is 2. The number of carbonyl (C=O) groups is 3. The Morgan fingerprint density at radius 2 is 1.97 bits per heavy atom. The van der Waals surface area contributed by atoms with Crippen LogP contribution in [0.4, 0.5) is 0 Å². The first-order valence-electron chi connectivity index (χ1n) is 9.83. The summed E-state index contributed by atoms with van der Waals surface area (Å²) in [5.41, 5.74) is 0.553. The number of rotatable bonds is 9. The Labute approximate surface area is 179 Å². The fourth-order valence-corrected chi connectivity index (χ4v) is 4.16. The maximum atomic E-state index is 12.3. The van der Waals surface area contributed by atoms with Crippen LogP contribution in [-0.4, -0.2) is 71.8 Å². The van der Waals surface area contributed by atoms with Crippen LogP contribution in [0.2, 0.25) is 0 Å². The van der Waals surface area contributed by atoms with Crippen LogP contribution >= 0.6 is 0 Å². The molecule has 0 aliphatic carbocycles. The summed E-state index contributed by atoms with van der Waals surface area (Å²) in [5, 5.41) is -0.136. The number of aromatic nitrogens is 3. The number of ketones is 1. The number of carbonyl (C=O) groups excluding carboxylic acids is 3. The highest BCUT2D eigenvalue weighted by molar-refractivity contribution is 7.89. The highest BCUT2D eigenvalue weighted by Crippen LogP contribution is 2.14. The highest BCUT2D eigenvalue weighted by Gasteiger charge is 2.22. The number of esters is 1. The number of nitrogens with zero attached hydrogens (tertiary/aromatic N) is 3. The Balaban J connectivity index is 1.43. The lowest BCUT2D eigenvalue weighted by atomic mass is 10.2. The quantitative estimate of drug-likeness (QED) is 0.414. The topological polar surface area (TPSA) is 143 Å². The van der Waals surface area contributed by atoms with Crippen LogP contribution in [0.3, 0.4) is 0 Å². The average Bonchev–Trinajstić information content (AvgIpc) is 3.48. The largest absolute Gasteiger partial charge is 0.457 e. The first-order valence-corrected chi connectivity index (χ1v) is 11.3. The summed E-state index contributed by atoms with van der Waals surface area (Å²) < 4.78 is 33.1. The number of H-pyrrole nitrogens is 1. The zero-order valence-corrected chi connectivity index (χ0v) is 18.2. The van der Waals surface area contributed by atoms with Crippen molar-refractivity contribution in [1.29, 1.82) is 0 Å². The van der Waals surface area contributed by atoms with E-state index in [0.29, 0.717) is 24.6 Å². The van der Waals surface area contributed by atoms with Crippen LogP contribution in [0.25, 0.3) is 0 Å². The maximum absolute atomic E-state index is 12.3. The molecule has 1 amide bonds. The molecular formula is C19H25N5O6S. The highest BCUT2D eigenvalue weighted by atomic mass is 32.2. The molecule has 1 aliphatic rings. The van der Waals surface area contributed by atoms with E-state index in [2.05, 4.69) is 14.7 Å². The van der Waals surface area contributed by atoms with Crippen molar-refractivity contribution in [3.63, 3.8) is 0 Å². The summed E-state index contributed by atoms with van der Waals surface area (Å²) in [6.07, 6.45) is 4.46. The number of aromatic amines is 1. The lowest BCUT2D eigenvalue weighted by Gasteiger charge is -2.13. The van der Waals surface area contributed by atoms with Gasteiger partial charge in [0.2, 0.25) is 5.78 Å². The third-order valence-electron chi connectivity index (χ3n) is 4.98. The Bertz CT molecular complexity index is 1060. The smallest absolute Gasteiger partial charge is 0.307 e. The van der Waals surface area contributed by atoms with Gasteiger partial charge in [0.15, 0.2) is 11.6 Å². The third kappa shape index (κ3) is 5.58. The number of sulfonamides is 1. The Morgan fingerprint density at radius 3 is 2.61 bits per heavy atom. The van der Waals surface area contributed by atoms with Crippen LogP contribution in [-0.2, 0) is 26.6 Å². The average molecular weight is 452 g/mol.